The molecule has 0 heterocycles. The van der Waals surface area contributed by atoms with Crippen LogP contribution in [0.2, 0.25) is 0 Å². The van der Waals surface area contributed by atoms with Crippen molar-refractivity contribution < 1.29 is 13.5 Å². The molecule has 3 saturated carbocycles. The molecule has 3 heteroatoms. The van der Waals surface area contributed by atoms with E-state index in [1.165, 1.54) is 44.9 Å². The molecule has 3 aliphatic rings. The largest absolute Gasteiger partial charge is 0.358 e. The van der Waals surface area contributed by atoms with Gasteiger partial charge in [0.1, 0.15) is 0 Å². The minimum atomic E-state index is -2.93. The molecule has 0 aromatic rings. The monoisotopic (exact) mass is 440 g/mol. The van der Waals surface area contributed by atoms with Crippen LogP contribution in [0.15, 0.2) is 0 Å². The molecule has 3 aliphatic carbocycles. The normalized spacial score (nSPS) is 40.1. The fraction of sp³-hybridized carbons (Fsp3) is 1.00. The van der Waals surface area contributed by atoms with Crippen LogP contribution in [0.1, 0.15) is 124 Å². The molecule has 3 rings (SSSR count). The molecule has 0 aromatic carbocycles. The maximum atomic E-state index is 15.1. The van der Waals surface area contributed by atoms with Crippen LogP contribution in [0.4, 0.5) is 8.78 Å². The van der Waals surface area contributed by atoms with E-state index in [0.29, 0.717) is 24.7 Å². The fourth-order valence-corrected chi connectivity index (χ4v) is 7.69. The molecule has 182 valence electrons. The Hall–Kier alpha value is -0.180. The maximum absolute atomic E-state index is 15.1. The third kappa shape index (κ3) is 6.45. The maximum Gasteiger partial charge on any atom is 0.358 e. The van der Waals surface area contributed by atoms with E-state index in [-0.39, 0.29) is 6.10 Å². The summed E-state index contributed by atoms with van der Waals surface area (Å²) in [7, 11) is 0. The highest BCUT2D eigenvalue weighted by Gasteiger charge is 2.47. The number of halogens is 2. The molecule has 0 saturated heterocycles. The number of rotatable bonds is 9. The van der Waals surface area contributed by atoms with Gasteiger partial charge in [-0.2, -0.15) is 8.78 Å². The van der Waals surface area contributed by atoms with Crippen LogP contribution in [0.3, 0.4) is 0 Å². The molecule has 0 aromatic heterocycles. The van der Waals surface area contributed by atoms with E-state index in [9.17, 15) is 0 Å². The van der Waals surface area contributed by atoms with Crippen molar-refractivity contribution >= 4 is 0 Å². The standard InChI is InChI=1S/C28H50F2O/c1-5-9-21-10-13-24(14-11-21)28(29,30)31-25-15-17-27(23(8-4)19-25)26-16-12-20(6-2)18-22(26)7-3/h20-27H,5-19H2,1-4H3. The summed E-state index contributed by atoms with van der Waals surface area (Å²) in [5.41, 5.74) is 0. The second-order valence-electron chi connectivity index (χ2n) is 11.4. The Labute approximate surface area is 191 Å². The summed E-state index contributed by atoms with van der Waals surface area (Å²) < 4.78 is 35.8. The lowest BCUT2D eigenvalue weighted by Crippen LogP contribution is -2.43. The van der Waals surface area contributed by atoms with E-state index in [1.54, 1.807) is 0 Å². The van der Waals surface area contributed by atoms with Crippen LogP contribution in [-0.4, -0.2) is 12.2 Å². The van der Waals surface area contributed by atoms with Crippen molar-refractivity contribution in [2.75, 3.05) is 0 Å². The fourth-order valence-electron chi connectivity index (χ4n) is 7.69. The van der Waals surface area contributed by atoms with Crippen LogP contribution < -0.4 is 0 Å². The summed E-state index contributed by atoms with van der Waals surface area (Å²) in [5, 5.41) is 0. The van der Waals surface area contributed by atoms with Crippen molar-refractivity contribution in [3.05, 3.63) is 0 Å². The Kier molecular flexibility index (Phi) is 9.68. The van der Waals surface area contributed by atoms with Crippen LogP contribution in [0, 0.1) is 41.4 Å². The van der Waals surface area contributed by atoms with Crippen LogP contribution in [0.25, 0.3) is 0 Å². The van der Waals surface area contributed by atoms with E-state index in [1.807, 2.05) is 0 Å². The van der Waals surface area contributed by atoms with E-state index >= 15 is 8.78 Å². The van der Waals surface area contributed by atoms with Gasteiger partial charge in [-0.05, 0) is 93.3 Å². The van der Waals surface area contributed by atoms with Crippen molar-refractivity contribution in [3.8, 4) is 0 Å². The second-order valence-corrected chi connectivity index (χ2v) is 11.4. The van der Waals surface area contributed by atoms with Crippen molar-refractivity contribution in [2.45, 2.75) is 136 Å². The van der Waals surface area contributed by atoms with Crippen molar-refractivity contribution in [3.63, 3.8) is 0 Å². The molecule has 0 spiro atoms. The van der Waals surface area contributed by atoms with Gasteiger partial charge >= 0.3 is 6.11 Å². The third-order valence-corrected chi connectivity index (χ3v) is 9.66. The topological polar surface area (TPSA) is 9.23 Å². The molecule has 1 nitrogen and oxygen atoms in total. The zero-order chi connectivity index (χ0) is 22.4. The molecule has 0 radical (unpaired) electrons. The predicted octanol–water partition coefficient (Wildman–Crippen LogP) is 9.25. The minimum Gasteiger partial charge on any atom is -0.317 e. The number of ether oxygens (including phenoxy) is 1. The zero-order valence-electron chi connectivity index (χ0n) is 20.9. The van der Waals surface area contributed by atoms with E-state index < -0.39 is 12.0 Å². The molecule has 0 N–H and O–H groups in total. The summed E-state index contributed by atoms with van der Waals surface area (Å²) in [4.78, 5) is 0. The Morgan fingerprint density at radius 3 is 1.84 bits per heavy atom. The Bertz CT molecular complexity index is 513. The first kappa shape index (κ1) is 25.4. The van der Waals surface area contributed by atoms with Gasteiger partial charge in [0, 0.05) is 0 Å². The van der Waals surface area contributed by atoms with Crippen molar-refractivity contribution in [2.24, 2.45) is 41.4 Å². The molecule has 0 aliphatic heterocycles. The van der Waals surface area contributed by atoms with Gasteiger partial charge in [-0.3, -0.25) is 0 Å². The van der Waals surface area contributed by atoms with Gasteiger partial charge in [0.05, 0.1) is 12.0 Å². The van der Waals surface area contributed by atoms with E-state index in [0.717, 1.165) is 62.2 Å². The highest BCUT2D eigenvalue weighted by Crippen LogP contribution is 2.50. The quantitative estimate of drug-likeness (QED) is 0.347. The first-order valence-corrected chi connectivity index (χ1v) is 14.0. The molecule has 6 unspecified atom stereocenters. The second kappa shape index (κ2) is 11.8. The Balaban J connectivity index is 1.54. The lowest BCUT2D eigenvalue weighted by molar-refractivity contribution is -0.304. The SMILES string of the molecule is CCCC1CCC(C(F)(F)OC2CCC(C3CCC(CC)CC3CC)C(CC)C2)CC1. The average Bonchev–Trinajstić information content (AvgIpc) is 2.79. The highest BCUT2D eigenvalue weighted by molar-refractivity contribution is 4.91. The Morgan fingerprint density at radius 1 is 0.677 bits per heavy atom. The van der Waals surface area contributed by atoms with E-state index in [2.05, 4.69) is 27.7 Å². The summed E-state index contributed by atoms with van der Waals surface area (Å²) in [6.45, 7) is 9.17. The van der Waals surface area contributed by atoms with Crippen LogP contribution in [-0.2, 0) is 4.74 Å². The lowest BCUT2D eigenvalue weighted by atomic mass is 9.60. The van der Waals surface area contributed by atoms with Gasteiger partial charge in [0.25, 0.3) is 0 Å². The summed E-state index contributed by atoms with van der Waals surface area (Å²) in [6.07, 6.45) is 13.0. The van der Waals surface area contributed by atoms with E-state index in [4.69, 9.17) is 4.74 Å². The molecular formula is C28H50F2O. The lowest BCUT2D eigenvalue weighted by Gasteiger charge is -2.47. The van der Waals surface area contributed by atoms with Crippen LogP contribution >= 0.6 is 0 Å². The number of hydrogen-bond donors (Lipinski definition) is 0. The number of hydrogen-bond acceptors (Lipinski definition) is 1. The van der Waals surface area contributed by atoms with Crippen molar-refractivity contribution in [1.29, 1.82) is 0 Å². The molecule has 0 amide bonds. The number of alkyl halides is 2. The van der Waals surface area contributed by atoms with Gasteiger partial charge in [-0.25, -0.2) is 0 Å². The molecule has 3 fully saturated rings. The van der Waals surface area contributed by atoms with Gasteiger partial charge < -0.3 is 4.74 Å². The molecule has 31 heavy (non-hydrogen) atoms. The third-order valence-electron chi connectivity index (χ3n) is 9.66. The zero-order valence-corrected chi connectivity index (χ0v) is 20.9. The highest BCUT2D eigenvalue weighted by atomic mass is 19.3. The Morgan fingerprint density at radius 2 is 1.26 bits per heavy atom. The molecule has 6 atom stereocenters. The molecule has 0 bridgehead atoms. The predicted molar refractivity (Wildman–Crippen MR) is 126 cm³/mol. The smallest absolute Gasteiger partial charge is 0.317 e. The van der Waals surface area contributed by atoms with Gasteiger partial charge in [0.2, 0.25) is 0 Å². The molecular weight excluding hydrogens is 390 g/mol. The van der Waals surface area contributed by atoms with Crippen molar-refractivity contribution in [1.82, 2.24) is 0 Å². The first-order chi connectivity index (χ1) is 14.9. The van der Waals surface area contributed by atoms with Crippen LogP contribution in [0.5, 0.6) is 0 Å². The first-order valence-electron chi connectivity index (χ1n) is 14.0. The van der Waals surface area contributed by atoms with Gasteiger partial charge in [-0.15, -0.1) is 0 Å². The summed E-state index contributed by atoms with van der Waals surface area (Å²) in [5.74, 6) is 3.95. The summed E-state index contributed by atoms with van der Waals surface area (Å²) in [6, 6.07) is 0. The van der Waals surface area contributed by atoms with Gasteiger partial charge in [0.15, 0.2) is 0 Å². The average molecular weight is 441 g/mol. The minimum absolute atomic E-state index is 0.239. The van der Waals surface area contributed by atoms with Gasteiger partial charge in [-0.1, -0.05) is 66.2 Å². The summed E-state index contributed by atoms with van der Waals surface area (Å²) >= 11 is 0.